The van der Waals surface area contributed by atoms with E-state index < -0.39 is 0 Å². The average Bonchev–Trinajstić information content (AvgIpc) is 2.34. The van der Waals surface area contributed by atoms with Crippen molar-refractivity contribution in [1.82, 2.24) is 0 Å². The van der Waals surface area contributed by atoms with Crippen LogP contribution in [0.25, 0.3) is 0 Å². The largest absolute Gasteiger partial charge is 0.397 e. The van der Waals surface area contributed by atoms with E-state index in [1.54, 1.807) is 36.4 Å². The molecule has 2 aromatic carbocycles. The average molecular weight is 278 g/mol. The molecule has 0 heterocycles. The first-order valence-electron chi connectivity index (χ1n) is 5.12. The summed E-state index contributed by atoms with van der Waals surface area (Å²) in [6, 6.07) is 12.2. The molecule has 3 N–H and O–H groups in total. The number of nitrogens with zero attached hydrogens (tertiary/aromatic N) is 1. The van der Waals surface area contributed by atoms with Crippen LogP contribution < -0.4 is 11.1 Å². The van der Waals surface area contributed by atoms with E-state index in [1.165, 1.54) is 0 Å². The van der Waals surface area contributed by atoms with Crippen molar-refractivity contribution in [3.63, 3.8) is 0 Å². The molecule has 0 amide bonds. The Balaban J connectivity index is 2.32. The molecule has 0 saturated carbocycles. The van der Waals surface area contributed by atoms with Gasteiger partial charge in [0.05, 0.1) is 33.7 Å². The maximum Gasteiger partial charge on any atom is 0.0992 e. The lowest BCUT2D eigenvalue weighted by molar-refractivity contribution is 1.47. The second-order valence-corrected chi connectivity index (χ2v) is 4.51. The first-order chi connectivity index (χ1) is 8.60. The summed E-state index contributed by atoms with van der Waals surface area (Å²) in [5.74, 6) is 0. The molecule has 0 aliphatic carbocycles. The van der Waals surface area contributed by atoms with Crippen LogP contribution in [0.1, 0.15) is 5.56 Å². The normalized spacial score (nSPS) is 9.83. The van der Waals surface area contributed by atoms with Crippen molar-refractivity contribution in [2.75, 3.05) is 11.1 Å². The topological polar surface area (TPSA) is 61.8 Å². The molecular weight excluding hydrogens is 269 g/mol. The zero-order chi connectivity index (χ0) is 13.1. The minimum absolute atomic E-state index is 0.486. The number of nitriles is 1. The van der Waals surface area contributed by atoms with Crippen LogP contribution in [0.2, 0.25) is 10.0 Å². The standard InChI is InChI=1S/C13H9Cl2N3/c14-9-2-4-12(10(15)6-9)18-13-3-1-8(7-16)5-11(13)17/h1-6,18H,17H2. The lowest BCUT2D eigenvalue weighted by atomic mass is 10.2. The molecule has 2 aromatic rings. The van der Waals surface area contributed by atoms with Gasteiger partial charge in [-0.2, -0.15) is 5.26 Å². The van der Waals surface area contributed by atoms with Gasteiger partial charge < -0.3 is 11.1 Å². The lowest BCUT2D eigenvalue weighted by Crippen LogP contribution is -1.97. The van der Waals surface area contributed by atoms with Gasteiger partial charge >= 0.3 is 0 Å². The molecule has 18 heavy (non-hydrogen) atoms. The second-order valence-electron chi connectivity index (χ2n) is 3.66. The predicted molar refractivity (Wildman–Crippen MR) is 75.3 cm³/mol. The first kappa shape index (κ1) is 12.6. The molecule has 0 unspecified atom stereocenters. The van der Waals surface area contributed by atoms with Gasteiger partial charge in [-0.3, -0.25) is 0 Å². The number of nitrogens with one attached hydrogen (secondary N) is 1. The molecule has 2 rings (SSSR count). The first-order valence-corrected chi connectivity index (χ1v) is 5.87. The number of hydrogen-bond donors (Lipinski definition) is 2. The number of nitrogens with two attached hydrogens (primary N) is 1. The van der Waals surface area contributed by atoms with Gasteiger partial charge in [-0.05, 0) is 36.4 Å². The summed E-state index contributed by atoms with van der Waals surface area (Å²) < 4.78 is 0. The Morgan fingerprint density at radius 1 is 1.06 bits per heavy atom. The summed E-state index contributed by atoms with van der Waals surface area (Å²) in [6.07, 6.45) is 0. The minimum Gasteiger partial charge on any atom is -0.397 e. The van der Waals surface area contributed by atoms with E-state index >= 15 is 0 Å². The van der Waals surface area contributed by atoms with Gasteiger partial charge in [0.2, 0.25) is 0 Å². The van der Waals surface area contributed by atoms with Crippen LogP contribution in [-0.4, -0.2) is 0 Å². The number of nitrogen functional groups attached to an aromatic ring is 1. The highest BCUT2D eigenvalue weighted by Crippen LogP contribution is 2.30. The van der Waals surface area contributed by atoms with Crippen LogP contribution in [0.3, 0.4) is 0 Å². The molecule has 90 valence electrons. The smallest absolute Gasteiger partial charge is 0.0992 e. The molecular formula is C13H9Cl2N3. The fraction of sp³-hybridized carbons (Fsp3) is 0. The summed E-state index contributed by atoms with van der Waals surface area (Å²) in [5.41, 5.74) is 8.24. The van der Waals surface area contributed by atoms with E-state index in [2.05, 4.69) is 5.32 Å². The molecule has 3 nitrogen and oxygen atoms in total. The SMILES string of the molecule is N#Cc1ccc(Nc2ccc(Cl)cc2Cl)c(N)c1. The number of halogens is 2. The van der Waals surface area contributed by atoms with Crippen molar-refractivity contribution in [1.29, 1.82) is 5.26 Å². The molecule has 0 saturated heterocycles. The van der Waals surface area contributed by atoms with E-state index in [9.17, 15) is 0 Å². The van der Waals surface area contributed by atoms with Crippen molar-refractivity contribution < 1.29 is 0 Å². The fourth-order valence-corrected chi connectivity index (χ4v) is 1.94. The van der Waals surface area contributed by atoms with Crippen LogP contribution in [-0.2, 0) is 0 Å². The van der Waals surface area contributed by atoms with Crippen LogP contribution in [0.15, 0.2) is 36.4 Å². The third-order valence-electron chi connectivity index (χ3n) is 2.38. The summed E-state index contributed by atoms with van der Waals surface area (Å²) in [4.78, 5) is 0. The second kappa shape index (κ2) is 5.18. The van der Waals surface area contributed by atoms with Crippen LogP contribution in [0, 0.1) is 11.3 Å². The van der Waals surface area contributed by atoms with Gasteiger partial charge in [-0.15, -0.1) is 0 Å². The number of hydrogen-bond acceptors (Lipinski definition) is 3. The highest BCUT2D eigenvalue weighted by atomic mass is 35.5. The Hall–Kier alpha value is -1.89. The Morgan fingerprint density at radius 2 is 1.78 bits per heavy atom. The monoisotopic (exact) mass is 277 g/mol. The Kier molecular flexibility index (Phi) is 3.61. The van der Waals surface area contributed by atoms with Gasteiger partial charge in [-0.25, -0.2) is 0 Å². The van der Waals surface area contributed by atoms with E-state index in [-0.39, 0.29) is 0 Å². The van der Waals surface area contributed by atoms with Crippen molar-refractivity contribution in [2.24, 2.45) is 0 Å². The van der Waals surface area contributed by atoms with Gasteiger partial charge in [0.1, 0.15) is 0 Å². The molecule has 0 aliphatic heterocycles. The molecule has 0 aliphatic rings. The molecule has 0 fully saturated rings. The van der Waals surface area contributed by atoms with Crippen molar-refractivity contribution in [3.8, 4) is 6.07 Å². The number of benzene rings is 2. The van der Waals surface area contributed by atoms with Crippen LogP contribution >= 0.6 is 23.2 Å². The fourth-order valence-electron chi connectivity index (χ4n) is 1.48. The van der Waals surface area contributed by atoms with Gasteiger partial charge in [0.25, 0.3) is 0 Å². The molecule has 0 spiro atoms. The van der Waals surface area contributed by atoms with Crippen molar-refractivity contribution >= 4 is 40.3 Å². The summed E-state index contributed by atoms with van der Waals surface area (Å²) in [6.45, 7) is 0. The summed E-state index contributed by atoms with van der Waals surface area (Å²) in [7, 11) is 0. The molecule has 0 aromatic heterocycles. The van der Waals surface area contributed by atoms with Gasteiger partial charge in [0, 0.05) is 5.02 Å². The van der Waals surface area contributed by atoms with Gasteiger partial charge in [-0.1, -0.05) is 23.2 Å². The van der Waals surface area contributed by atoms with E-state index in [0.29, 0.717) is 32.7 Å². The number of anilines is 3. The van der Waals surface area contributed by atoms with Crippen LogP contribution in [0.4, 0.5) is 17.1 Å². The van der Waals surface area contributed by atoms with E-state index in [4.69, 9.17) is 34.2 Å². The zero-order valence-corrected chi connectivity index (χ0v) is 10.8. The van der Waals surface area contributed by atoms with Crippen molar-refractivity contribution in [2.45, 2.75) is 0 Å². The highest BCUT2D eigenvalue weighted by Gasteiger charge is 2.05. The minimum atomic E-state index is 0.486. The lowest BCUT2D eigenvalue weighted by Gasteiger charge is -2.11. The predicted octanol–water partition coefficient (Wildman–Crippen LogP) is 4.19. The molecule has 5 heteroatoms. The zero-order valence-electron chi connectivity index (χ0n) is 9.24. The molecule has 0 atom stereocenters. The van der Waals surface area contributed by atoms with Gasteiger partial charge in [0.15, 0.2) is 0 Å². The number of rotatable bonds is 2. The van der Waals surface area contributed by atoms with E-state index in [0.717, 1.165) is 0 Å². The third-order valence-corrected chi connectivity index (χ3v) is 2.93. The highest BCUT2D eigenvalue weighted by molar-refractivity contribution is 6.36. The van der Waals surface area contributed by atoms with Crippen LogP contribution in [0.5, 0.6) is 0 Å². The molecule has 0 radical (unpaired) electrons. The Morgan fingerprint density at radius 3 is 2.39 bits per heavy atom. The maximum absolute atomic E-state index is 8.76. The van der Waals surface area contributed by atoms with Crippen molar-refractivity contribution in [3.05, 3.63) is 52.0 Å². The van der Waals surface area contributed by atoms with E-state index in [1.807, 2.05) is 6.07 Å². The third kappa shape index (κ3) is 2.67. The molecule has 0 bridgehead atoms. The Labute approximate surface area is 115 Å². The maximum atomic E-state index is 8.76. The summed E-state index contributed by atoms with van der Waals surface area (Å²) in [5, 5.41) is 12.9. The Bertz CT molecular complexity index is 633. The quantitative estimate of drug-likeness (QED) is 0.809. The summed E-state index contributed by atoms with van der Waals surface area (Å²) >= 11 is 11.9.